The number of likely N-dealkylation sites (N-methyl/N-ethyl adjacent to an activating group) is 1. The van der Waals surface area contributed by atoms with Gasteiger partial charge in [-0.25, -0.2) is 0 Å². The molecule has 1 aromatic rings. The Labute approximate surface area is 145 Å². The molecule has 1 aliphatic rings. The smallest absolute Gasteiger partial charge is 0.226 e. The van der Waals surface area contributed by atoms with Crippen molar-refractivity contribution in [1.29, 1.82) is 0 Å². The fourth-order valence-electron chi connectivity index (χ4n) is 2.96. The van der Waals surface area contributed by atoms with Crippen molar-refractivity contribution in [2.45, 2.75) is 39.3 Å². The first-order valence-electron chi connectivity index (χ1n) is 8.18. The summed E-state index contributed by atoms with van der Waals surface area (Å²) in [6, 6.07) is 4.34. The Kier molecular flexibility index (Phi) is 8.09. The molecular formula is C17H30ClN3O2. The molecule has 1 aromatic heterocycles. The van der Waals surface area contributed by atoms with Crippen molar-refractivity contribution >= 4 is 18.3 Å². The molecule has 0 bridgehead atoms. The molecule has 0 spiro atoms. The molecule has 1 fully saturated rings. The van der Waals surface area contributed by atoms with Gasteiger partial charge < -0.3 is 19.5 Å². The lowest BCUT2D eigenvalue weighted by molar-refractivity contribution is -0.137. The molecule has 0 unspecified atom stereocenters. The van der Waals surface area contributed by atoms with Crippen molar-refractivity contribution in [3.63, 3.8) is 0 Å². The third-order valence-electron chi connectivity index (χ3n) is 4.24. The Hall–Kier alpha value is -1.04. The summed E-state index contributed by atoms with van der Waals surface area (Å²) in [6.07, 6.45) is 1.85. The highest BCUT2D eigenvalue weighted by atomic mass is 35.5. The Morgan fingerprint density at radius 2 is 2.09 bits per heavy atom. The summed E-state index contributed by atoms with van der Waals surface area (Å²) in [4.78, 5) is 17.0. The lowest BCUT2D eigenvalue weighted by Crippen LogP contribution is -2.45. The fraction of sp³-hybridized carbons (Fsp3) is 0.706. The normalized spacial score (nSPS) is 21.1. The molecule has 1 amide bonds. The maximum Gasteiger partial charge on any atom is 0.226 e. The molecule has 132 valence electrons. The van der Waals surface area contributed by atoms with E-state index in [1.54, 1.807) is 0 Å². The average Bonchev–Trinajstić information content (AvgIpc) is 2.88. The van der Waals surface area contributed by atoms with Crippen molar-refractivity contribution in [2.24, 2.45) is 5.92 Å². The quantitative estimate of drug-likeness (QED) is 0.861. The highest BCUT2D eigenvalue weighted by Crippen LogP contribution is 2.20. The van der Waals surface area contributed by atoms with E-state index in [4.69, 9.17) is 4.42 Å². The maximum absolute atomic E-state index is 12.9. The van der Waals surface area contributed by atoms with Gasteiger partial charge in [-0.05, 0) is 59.5 Å². The third kappa shape index (κ3) is 6.16. The van der Waals surface area contributed by atoms with E-state index in [0.29, 0.717) is 12.6 Å². The van der Waals surface area contributed by atoms with Gasteiger partial charge in [-0.3, -0.25) is 4.79 Å². The van der Waals surface area contributed by atoms with E-state index in [2.05, 4.69) is 17.1 Å². The largest absolute Gasteiger partial charge is 0.464 e. The number of hydrogen-bond donors (Lipinski definition) is 1. The van der Waals surface area contributed by atoms with Crippen molar-refractivity contribution in [1.82, 2.24) is 15.1 Å². The third-order valence-corrected chi connectivity index (χ3v) is 4.24. The number of piperidine rings is 1. The van der Waals surface area contributed by atoms with Gasteiger partial charge in [0.15, 0.2) is 0 Å². The van der Waals surface area contributed by atoms with Gasteiger partial charge in [0.2, 0.25) is 5.91 Å². The molecule has 2 rings (SSSR count). The number of nitrogens with one attached hydrogen (secondary N) is 1. The van der Waals surface area contributed by atoms with Gasteiger partial charge in [0.1, 0.15) is 11.5 Å². The van der Waals surface area contributed by atoms with Crippen LogP contribution in [0.1, 0.15) is 31.3 Å². The van der Waals surface area contributed by atoms with Crippen LogP contribution in [0.15, 0.2) is 16.5 Å². The zero-order chi connectivity index (χ0) is 16.1. The molecule has 1 aliphatic heterocycles. The van der Waals surface area contributed by atoms with Gasteiger partial charge in [-0.15, -0.1) is 12.4 Å². The monoisotopic (exact) mass is 343 g/mol. The van der Waals surface area contributed by atoms with Crippen LogP contribution in [0.5, 0.6) is 0 Å². The Bertz CT molecular complexity index is 490. The first-order chi connectivity index (χ1) is 10.5. The van der Waals surface area contributed by atoms with Crippen molar-refractivity contribution in [3.05, 3.63) is 23.7 Å². The minimum absolute atomic E-state index is 0. The van der Waals surface area contributed by atoms with E-state index in [1.807, 2.05) is 38.1 Å². The molecule has 6 heteroatoms. The molecule has 1 N–H and O–H groups in total. The van der Waals surface area contributed by atoms with Crippen LogP contribution < -0.4 is 5.32 Å². The molecule has 1 saturated heterocycles. The predicted octanol–water partition coefficient (Wildman–Crippen LogP) is 2.29. The summed E-state index contributed by atoms with van der Waals surface area (Å²) in [5.74, 6) is 2.16. The van der Waals surface area contributed by atoms with Crippen LogP contribution in [-0.4, -0.2) is 55.5 Å². The number of furan rings is 1. The van der Waals surface area contributed by atoms with Gasteiger partial charge in [0.05, 0.1) is 6.54 Å². The molecule has 0 saturated carbocycles. The first-order valence-corrected chi connectivity index (χ1v) is 8.18. The summed E-state index contributed by atoms with van der Waals surface area (Å²) >= 11 is 0. The van der Waals surface area contributed by atoms with Gasteiger partial charge in [0.25, 0.3) is 0 Å². The second kappa shape index (κ2) is 9.30. The lowest BCUT2D eigenvalue weighted by atomic mass is 9.92. The van der Waals surface area contributed by atoms with E-state index in [-0.39, 0.29) is 24.2 Å². The van der Waals surface area contributed by atoms with Crippen molar-refractivity contribution in [2.75, 3.05) is 33.7 Å². The molecule has 5 nitrogen and oxygen atoms in total. The SMILES string of the molecule is Cc1ccc(CN(CCN(C)C)C(=O)[C@H]2CCN[C@@H](C)C2)o1.Cl. The average molecular weight is 344 g/mol. The molecule has 2 heterocycles. The van der Waals surface area contributed by atoms with E-state index in [0.717, 1.165) is 44.0 Å². The topological polar surface area (TPSA) is 48.7 Å². The zero-order valence-corrected chi connectivity index (χ0v) is 15.5. The number of aryl methyl sites for hydroxylation is 1. The van der Waals surface area contributed by atoms with Crippen LogP contribution in [0.2, 0.25) is 0 Å². The zero-order valence-electron chi connectivity index (χ0n) is 14.7. The highest BCUT2D eigenvalue weighted by Gasteiger charge is 2.29. The van der Waals surface area contributed by atoms with Crippen LogP contribution in [0.3, 0.4) is 0 Å². The van der Waals surface area contributed by atoms with Crippen molar-refractivity contribution < 1.29 is 9.21 Å². The van der Waals surface area contributed by atoms with Crippen LogP contribution in [0.25, 0.3) is 0 Å². The first kappa shape index (κ1) is 20.0. The minimum Gasteiger partial charge on any atom is -0.464 e. The predicted molar refractivity (Wildman–Crippen MR) is 94.9 cm³/mol. The molecular weight excluding hydrogens is 314 g/mol. The summed E-state index contributed by atoms with van der Waals surface area (Å²) in [6.45, 7) is 7.19. The summed E-state index contributed by atoms with van der Waals surface area (Å²) in [5.41, 5.74) is 0. The molecule has 0 aromatic carbocycles. The number of carbonyl (C=O) groups is 1. The van der Waals surface area contributed by atoms with E-state index in [1.165, 1.54) is 0 Å². The maximum atomic E-state index is 12.9. The number of halogens is 1. The number of rotatable bonds is 6. The van der Waals surface area contributed by atoms with Gasteiger partial charge in [-0.2, -0.15) is 0 Å². The fourth-order valence-corrected chi connectivity index (χ4v) is 2.96. The number of carbonyl (C=O) groups excluding carboxylic acids is 1. The van der Waals surface area contributed by atoms with Gasteiger partial charge in [0, 0.05) is 25.0 Å². The molecule has 0 aliphatic carbocycles. The second-order valence-corrected chi connectivity index (χ2v) is 6.65. The van der Waals surface area contributed by atoms with Gasteiger partial charge >= 0.3 is 0 Å². The Morgan fingerprint density at radius 3 is 2.65 bits per heavy atom. The minimum atomic E-state index is 0. The lowest BCUT2D eigenvalue weighted by Gasteiger charge is -2.32. The number of amides is 1. The van der Waals surface area contributed by atoms with Crippen LogP contribution >= 0.6 is 12.4 Å². The van der Waals surface area contributed by atoms with Crippen molar-refractivity contribution in [3.8, 4) is 0 Å². The second-order valence-electron chi connectivity index (χ2n) is 6.65. The standard InChI is InChI=1S/C17H29N3O2.ClH/c1-13-11-15(7-8-18-13)17(21)20(10-9-19(3)4)12-16-6-5-14(2)22-16;/h5-6,13,15,18H,7-12H2,1-4H3;1H/t13-,15-;/m0./s1. The summed E-state index contributed by atoms with van der Waals surface area (Å²) < 4.78 is 5.66. The number of nitrogens with zero attached hydrogens (tertiary/aromatic N) is 2. The van der Waals surface area contributed by atoms with E-state index >= 15 is 0 Å². The van der Waals surface area contributed by atoms with E-state index < -0.39 is 0 Å². The van der Waals surface area contributed by atoms with Crippen LogP contribution in [0.4, 0.5) is 0 Å². The highest BCUT2D eigenvalue weighted by molar-refractivity contribution is 5.85. The summed E-state index contributed by atoms with van der Waals surface area (Å²) in [5, 5.41) is 3.41. The molecule has 23 heavy (non-hydrogen) atoms. The summed E-state index contributed by atoms with van der Waals surface area (Å²) in [7, 11) is 4.07. The van der Waals surface area contributed by atoms with Gasteiger partial charge in [-0.1, -0.05) is 0 Å². The molecule has 0 radical (unpaired) electrons. The number of hydrogen-bond acceptors (Lipinski definition) is 4. The Balaban J connectivity index is 0.00000264. The molecule has 2 atom stereocenters. The Morgan fingerprint density at radius 1 is 1.35 bits per heavy atom. The van der Waals surface area contributed by atoms with E-state index in [9.17, 15) is 4.79 Å². The van der Waals surface area contributed by atoms with Crippen LogP contribution in [0, 0.1) is 12.8 Å². The van der Waals surface area contributed by atoms with Crippen LogP contribution in [-0.2, 0) is 11.3 Å².